The molecule has 100 valence electrons. The maximum Gasteiger partial charge on any atom is 0.122 e. The number of hydrogen-bond acceptors (Lipinski definition) is 2. The van der Waals surface area contributed by atoms with Crippen LogP contribution in [-0.4, -0.2) is 19.7 Å². The van der Waals surface area contributed by atoms with Gasteiger partial charge in [-0.05, 0) is 48.5 Å². The minimum absolute atomic E-state index is 0.749. The van der Waals surface area contributed by atoms with Gasteiger partial charge in [-0.3, -0.25) is 0 Å². The van der Waals surface area contributed by atoms with Crippen molar-refractivity contribution in [3.05, 3.63) is 29.3 Å². The summed E-state index contributed by atoms with van der Waals surface area (Å²) in [5.41, 5.74) is 2.80. The Morgan fingerprint density at radius 3 is 2.89 bits per heavy atom. The summed E-state index contributed by atoms with van der Waals surface area (Å²) in [5.74, 6) is 2.59. The second kappa shape index (κ2) is 6.24. The van der Waals surface area contributed by atoms with Crippen LogP contribution in [0.3, 0.4) is 0 Å². The molecule has 1 aliphatic rings. The maximum atomic E-state index is 5.52. The van der Waals surface area contributed by atoms with Gasteiger partial charge < -0.3 is 10.1 Å². The molecule has 1 aromatic carbocycles. The fourth-order valence-electron chi connectivity index (χ4n) is 2.19. The highest BCUT2D eigenvalue weighted by molar-refractivity contribution is 5.39. The highest BCUT2D eigenvalue weighted by Crippen LogP contribution is 2.25. The Labute approximate surface area is 111 Å². The van der Waals surface area contributed by atoms with Crippen molar-refractivity contribution >= 4 is 0 Å². The van der Waals surface area contributed by atoms with Crippen LogP contribution in [-0.2, 0) is 12.8 Å². The van der Waals surface area contributed by atoms with E-state index in [-0.39, 0.29) is 0 Å². The summed E-state index contributed by atoms with van der Waals surface area (Å²) in [7, 11) is 0. The van der Waals surface area contributed by atoms with Crippen molar-refractivity contribution in [3.8, 4) is 5.75 Å². The summed E-state index contributed by atoms with van der Waals surface area (Å²) in [6, 6.07) is 6.61. The molecule has 0 aromatic heterocycles. The third-order valence-electron chi connectivity index (χ3n) is 3.95. The predicted molar refractivity (Wildman–Crippen MR) is 76.2 cm³/mol. The van der Waals surface area contributed by atoms with Gasteiger partial charge in [0.05, 0.1) is 6.61 Å². The molecule has 2 heteroatoms. The van der Waals surface area contributed by atoms with E-state index in [0.717, 1.165) is 50.1 Å². The lowest BCUT2D eigenvalue weighted by molar-refractivity contribution is 0.357. The van der Waals surface area contributed by atoms with E-state index in [4.69, 9.17) is 4.74 Å². The average Bonchev–Trinajstić information content (AvgIpc) is 2.81. The zero-order chi connectivity index (χ0) is 13.0. The van der Waals surface area contributed by atoms with E-state index < -0.39 is 0 Å². The van der Waals surface area contributed by atoms with Gasteiger partial charge in [0, 0.05) is 6.42 Å². The predicted octanol–water partition coefficient (Wildman–Crippen LogP) is 3.05. The van der Waals surface area contributed by atoms with Gasteiger partial charge >= 0.3 is 0 Å². The Hall–Kier alpha value is -1.02. The monoisotopic (exact) mass is 247 g/mol. The first-order chi connectivity index (χ1) is 8.66. The van der Waals surface area contributed by atoms with Crippen LogP contribution >= 0.6 is 0 Å². The van der Waals surface area contributed by atoms with E-state index >= 15 is 0 Å². The summed E-state index contributed by atoms with van der Waals surface area (Å²) in [6.07, 6.45) is 2.18. The zero-order valence-electron chi connectivity index (χ0n) is 11.8. The summed E-state index contributed by atoms with van der Waals surface area (Å²) in [4.78, 5) is 0. The zero-order valence-corrected chi connectivity index (χ0v) is 11.8. The minimum Gasteiger partial charge on any atom is -0.493 e. The van der Waals surface area contributed by atoms with E-state index in [1.807, 2.05) is 0 Å². The molecule has 0 spiro atoms. The molecule has 0 fully saturated rings. The molecule has 1 heterocycles. The summed E-state index contributed by atoms with van der Waals surface area (Å²) >= 11 is 0. The first-order valence-electron chi connectivity index (χ1n) is 7.12. The van der Waals surface area contributed by atoms with E-state index in [0.29, 0.717) is 0 Å². The van der Waals surface area contributed by atoms with Gasteiger partial charge in [0.25, 0.3) is 0 Å². The molecule has 0 bridgehead atoms. The van der Waals surface area contributed by atoms with Crippen LogP contribution in [0.4, 0.5) is 0 Å². The van der Waals surface area contributed by atoms with Crippen molar-refractivity contribution in [2.45, 2.75) is 33.6 Å². The molecule has 1 atom stereocenters. The molecule has 2 nitrogen and oxygen atoms in total. The molecule has 2 rings (SSSR count). The molecule has 1 aromatic rings. The first kappa shape index (κ1) is 13.4. The number of rotatable bonds is 6. The summed E-state index contributed by atoms with van der Waals surface area (Å²) in [5, 5.41) is 3.55. The molecule has 0 radical (unpaired) electrons. The molecule has 0 saturated carbocycles. The van der Waals surface area contributed by atoms with Crippen LogP contribution in [0.15, 0.2) is 18.2 Å². The SMILES string of the molecule is CC(C)C(C)CNCCc1ccc2c(c1)CCO2. The van der Waals surface area contributed by atoms with Crippen LogP contribution in [0.25, 0.3) is 0 Å². The Kier molecular flexibility index (Phi) is 4.65. The smallest absolute Gasteiger partial charge is 0.122 e. The summed E-state index contributed by atoms with van der Waals surface area (Å²) < 4.78 is 5.52. The van der Waals surface area contributed by atoms with Gasteiger partial charge in [0.2, 0.25) is 0 Å². The van der Waals surface area contributed by atoms with Gasteiger partial charge in [-0.15, -0.1) is 0 Å². The van der Waals surface area contributed by atoms with Crippen LogP contribution in [0.1, 0.15) is 31.9 Å². The van der Waals surface area contributed by atoms with Crippen LogP contribution in [0.2, 0.25) is 0 Å². The topological polar surface area (TPSA) is 21.3 Å². The molecular weight excluding hydrogens is 222 g/mol. The molecular formula is C16H25NO. The van der Waals surface area contributed by atoms with Gasteiger partial charge in [0.1, 0.15) is 5.75 Å². The highest BCUT2D eigenvalue weighted by atomic mass is 16.5. The molecule has 18 heavy (non-hydrogen) atoms. The first-order valence-corrected chi connectivity index (χ1v) is 7.12. The van der Waals surface area contributed by atoms with Crippen molar-refractivity contribution in [3.63, 3.8) is 0 Å². The Balaban J connectivity index is 1.74. The summed E-state index contributed by atoms with van der Waals surface area (Å²) in [6.45, 7) is 9.91. The van der Waals surface area contributed by atoms with Crippen molar-refractivity contribution in [1.82, 2.24) is 5.32 Å². The minimum atomic E-state index is 0.749. The Morgan fingerprint density at radius 2 is 2.11 bits per heavy atom. The molecule has 1 N–H and O–H groups in total. The standard InChI is InChI=1S/C16H25NO/c1-12(2)13(3)11-17-8-6-14-4-5-16-15(10-14)7-9-18-16/h4-5,10,12-13,17H,6-9,11H2,1-3H3. The third kappa shape index (κ3) is 3.49. The number of ether oxygens (including phenoxy) is 1. The van der Waals surface area contributed by atoms with Crippen LogP contribution < -0.4 is 10.1 Å². The van der Waals surface area contributed by atoms with E-state index in [1.165, 1.54) is 11.1 Å². The number of hydrogen-bond donors (Lipinski definition) is 1. The van der Waals surface area contributed by atoms with Gasteiger partial charge in [0.15, 0.2) is 0 Å². The average molecular weight is 247 g/mol. The van der Waals surface area contributed by atoms with Crippen molar-refractivity contribution in [2.75, 3.05) is 19.7 Å². The molecule has 1 aliphatic heterocycles. The van der Waals surface area contributed by atoms with Gasteiger partial charge in [-0.25, -0.2) is 0 Å². The Morgan fingerprint density at radius 1 is 1.28 bits per heavy atom. The van der Waals surface area contributed by atoms with Crippen molar-refractivity contribution < 1.29 is 4.74 Å². The van der Waals surface area contributed by atoms with E-state index in [2.05, 4.69) is 44.3 Å². The van der Waals surface area contributed by atoms with Crippen molar-refractivity contribution in [1.29, 1.82) is 0 Å². The molecule has 0 aliphatic carbocycles. The van der Waals surface area contributed by atoms with Crippen LogP contribution in [0.5, 0.6) is 5.75 Å². The van der Waals surface area contributed by atoms with E-state index in [9.17, 15) is 0 Å². The quantitative estimate of drug-likeness (QED) is 0.780. The van der Waals surface area contributed by atoms with E-state index in [1.54, 1.807) is 0 Å². The number of benzene rings is 1. The van der Waals surface area contributed by atoms with Crippen LogP contribution in [0, 0.1) is 11.8 Å². The fraction of sp³-hybridized carbons (Fsp3) is 0.625. The molecule has 1 unspecified atom stereocenters. The normalized spacial score (nSPS) is 15.6. The maximum absolute atomic E-state index is 5.52. The highest BCUT2D eigenvalue weighted by Gasteiger charge is 2.11. The van der Waals surface area contributed by atoms with Crippen molar-refractivity contribution in [2.24, 2.45) is 11.8 Å². The third-order valence-corrected chi connectivity index (χ3v) is 3.95. The van der Waals surface area contributed by atoms with Gasteiger partial charge in [-0.2, -0.15) is 0 Å². The molecule has 0 amide bonds. The lowest BCUT2D eigenvalue weighted by atomic mass is 9.98. The molecule has 0 saturated heterocycles. The number of nitrogens with one attached hydrogen (secondary N) is 1. The Bertz CT molecular complexity index is 387. The number of fused-ring (bicyclic) bond motifs is 1. The second-order valence-electron chi connectivity index (χ2n) is 5.72. The fourth-order valence-corrected chi connectivity index (χ4v) is 2.19. The van der Waals surface area contributed by atoms with Gasteiger partial charge in [-0.1, -0.05) is 32.9 Å². The lowest BCUT2D eigenvalue weighted by Gasteiger charge is -2.16. The second-order valence-corrected chi connectivity index (χ2v) is 5.72. The largest absolute Gasteiger partial charge is 0.493 e. The lowest BCUT2D eigenvalue weighted by Crippen LogP contribution is -2.26.